The van der Waals surface area contributed by atoms with Crippen LogP contribution in [0.4, 0.5) is 0 Å². The molecule has 0 aliphatic heterocycles. The van der Waals surface area contributed by atoms with Crippen LogP contribution in [0.1, 0.15) is 182 Å². The fourth-order valence-electron chi connectivity index (χ4n) is 5.95. The molecular formula is C39H74N2O8. The predicted octanol–water partition coefficient (Wildman–Crippen LogP) is 7.61. The molecule has 0 heterocycles. The summed E-state index contributed by atoms with van der Waals surface area (Å²) in [6.07, 6.45) is 22.9. The van der Waals surface area contributed by atoms with Gasteiger partial charge in [0.1, 0.15) is 12.1 Å². The smallest absolute Gasteiger partial charge is 0.328 e. The van der Waals surface area contributed by atoms with Crippen molar-refractivity contribution in [2.75, 3.05) is 13.2 Å². The van der Waals surface area contributed by atoms with Crippen LogP contribution in [0.25, 0.3) is 0 Å². The van der Waals surface area contributed by atoms with E-state index in [2.05, 4.69) is 38.3 Å². The van der Waals surface area contributed by atoms with Crippen LogP contribution in [-0.2, 0) is 23.9 Å². The summed E-state index contributed by atoms with van der Waals surface area (Å²) >= 11 is 0. The van der Waals surface area contributed by atoms with Crippen molar-refractivity contribution >= 4 is 23.8 Å². The molecule has 49 heavy (non-hydrogen) atoms. The molecule has 10 nitrogen and oxygen atoms in total. The quantitative estimate of drug-likeness (QED) is 0.0339. The van der Waals surface area contributed by atoms with Crippen LogP contribution >= 0.6 is 0 Å². The standard InChI is InChI=1S/C39H74N2O8/c1-31(2)23-19-15-11-7-5-9-13-17-21-25-33(43)27-38(46)49-34(26-22-18-14-10-6-8-12-16-20-24-32(3)4)28-36(44)40-29-37(45)41-35(30-42)39(47)48/h31-35,42-43H,5-30H2,1-4H3,(H,40,44)(H,41,45)(H,47,48)/t33?,34?,35-/m0/s1. The zero-order valence-corrected chi connectivity index (χ0v) is 31.7. The van der Waals surface area contributed by atoms with E-state index in [4.69, 9.17) is 14.9 Å². The summed E-state index contributed by atoms with van der Waals surface area (Å²) < 4.78 is 5.65. The minimum Gasteiger partial charge on any atom is -0.480 e. The van der Waals surface area contributed by atoms with E-state index < -0.39 is 55.2 Å². The Morgan fingerprint density at radius 3 is 1.39 bits per heavy atom. The second-order valence-corrected chi connectivity index (χ2v) is 14.9. The highest BCUT2D eigenvalue weighted by Crippen LogP contribution is 2.18. The van der Waals surface area contributed by atoms with Crippen LogP contribution in [-0.4, -0.2) is 70.5 Å². The van der Waals surface area contributed by atoms with Crippen LogP contribution in [0, 0.1) is 11.8 Å². The molecule has 0 aromatic heterocycles. The van der Waals surface area contributed by atoms with E-state index in [1.807, 2.05) is 0 Å². The number of hydrogen-bond donors (Lipinski definition) is 5. The second-order valence-electron chi connectivity index (χ2n) is 14.9. The first-order valence-electron chi connectivity index (χ1n) is 19.7. The Hall–Kier alpha value is -2.20. The lowest BCUT2D eigenvalue weighted by Gasteiger charge is -2.19. The zero-order chi connectivity index (χ0) is 36.7. The maximum atomic E-state index is 12.7. The normalized spacial score (nSPS) is 13.3. The number of aliphatic hydroxyl groups excluding tert-OH is 2. The molecule has 0 aliphatic rings. The molecular weight excluding hydrogens is 624 g/mol. The van der Waals surface area contributed by atoms with E-state index in [1.54, 1.807) is 0 Å². The first-order chi connectivity index (χ1) is 23.4. The van der Waals surface area contributed by atoms with Gasteiger partial charge in [-0.25, -0.2) is 4.79 Å². The average Bonchev–Trinajstić information content (AvgIpc) is 3.03. The third-order valence-electron chi connectivity index (χ3n) is 9.00. The number of unbranched alkanes of at least 4 members (excludes halogenated alkanes) is 16. The first-order valence-corrected chi connectivity index (χ1v) is 19.7. The topological polar surface area (TPSA) is 162 Å². The number of aliphatic hydroxyl groups is 2. The van der Waals surface area contributed by atoms with Gasteiger partial charge in [0.05, 0.1) is 32.1 Å². The second kappa shape index (κ2) is 31.8. The van der Waals surface area contributed by atoms with E-state index in [0.29, 0.717) is 12.8 Å². The monoisotopic (exact) mass is 699 g/mol. The summed E-state index contributed by atoms with van der Waals surface area (Å²) in [5, 5.41) is 33.1. The van der Waals surface area contributed by atoms with E-state index in [0.717, 1.165) is 56.8 Å². The maximum Gasteiger partial charge on any atom is 0.328 e. The van der Waals surface area contributed by atoms with Gasteiger partial charge in [0.15, 0.2) is 0 Å². The van der Waals surface area contributed by atoms with Gasteiger partial charge in [-0.1, -0.05) is 150 Å². The van der Waals surface area contributed by atoms with E-state index in [9.17, 15) is 24.3 Å². The van der Waals surface area contributed by atoms with Crippen molar-refractivity contribution < 1.29 is 39.2 Å². The Labute approximate surface area is 298 Å². The number of hydrogen-bond acceptors (Lipinski definition) is 7. The molecule has 0 rings (SSSR count). The van der Waals surface area contributed by atoms with Gasteiger partial charge in [-0.3, -0.25) is 14.4 Å². The largest absolute Gasteiger partial charge is 0.480 e. The number of amides is 2. The van der Waals surface area contributed by atoms with Gasteiger partial charge < -0.3 is 30.7 Å². The Balaban J connectivity index is 4.51. The Bertz CT molecular complexity index is 851. The highest BCUT2D eigenvalue weighted by Gasteiger charge is 2.22. The number of carbonyl (C=O) groups excluding carboxylic acids is 3. The zero-order valence-electron chi connectivity index (χ0n) is 31.7. The third kappa shape index (κ3) is 31.5. The molecule has 5 N–H and O–H groups in total. The first kappa shape index (κ1) is 46.8. The van der Waals surface area contributed by atoms with E-state index >= 15 is 0 Å². The minimum absolute atomic E-state index is 0.119. The van der Waals surface area contributed by atoms with Gasteiger partial charge in [0, 0.05) is 0 Å². The van der Waals surface area contributed by atoms with Gasteiger partial charge in [-0.15, -0.1) is 0 Å². The number of nitrogens with one attached hydrogen (secondary N) is 2. The van der Waals surface area contributed by atoms with Gasteiger partial charge >= 0.3 is 11.9 Å². The molecule has 0 saturated carbocycles. The number of carboxylic acids is 1. The lowest BCUT2D eigenvalue weighted by molar-refractivity contribution is -0.153. The molecule has 3 atom stereocenters. The molecule has 10 heteroatoms. The third-order valence-corrected chi connectivity index (χ3v) is 9.00. The molecule has 0 spiro atoms. The molecule has 2 unspecified atom stereocenters. The summed E-state index contributed by atoms with van der Waals surface area (Å²) in [5.74, 6) is -1.61. The predicted molar refractivity (Wildman–Crippen MR) is 196 cm³/mol. The molecule has 288 valence electrons. The molecule has 0 fully saturated rings. The van der Waals surface area contributed by atoms with Crippen LogP contribution in [0.5, 0.6) is 0 Å². The van der Waals surface area contributed by atoms with Crippen molar-refractivity contribution in [1.29, 1.82) is 0 Å². The average molecular weight is 699 g/mol. The number of esters is 1. The molecule has 0 aromatic rings. The summed E-state index contributed by atoms with van der Waals surface area (Å²) in [6, 6.07) is -1.45. The summed E-state index contributed by atoms with van der Waals surface area (Å²) in [6.45, 7) is 7.84. The molecule has 2 amide bonds. The molecule has 0 radical (unpaired) electrons. The highest BCUT2D eigenvalue weighted by molar-refractivity contribution is 5.88. The van der Waals surface area contributed by atoms with Crippen molar-refractivity contribution in [2.45, 2.75) is 200 Å². The molecule has 0 saturated heterocycles. The van der Waals surface area contributed by atoms with Crippen LogP contribution < -0.4 is 10.6 Å². The fourth-order valence-corrected chi connectivity index (χ4v) is 5.95. The van der Waals surface area contributed by atoms with Gasteiger partial charge in [-0.2, -0.15) is 0 Å². The van der Waals surface area contributed by atoms with Crippen molar-refractivity contribution in [3.8, 4) is 0 Å². The number of aliphatic carboxylic acids is 1. The Morgan fingerprint density at radius 1 is 0.571 bits per heavy atom. The van der Waals surface area contributed by atoms with Gasteiger partial charge in [0.2, 0.25) is 11.8 Å². The minimum atomic E-state index is -1.45. The summed E-state index contributed by atoms with van der Waals surface area (Å²) in [7, 11) is 0. The summed E-state index contributed by atoms with van der Waals surface area (Å²) in [4.78, 5) is 48.4. The van der Waals surface area contributed by atoms with Crippen molar-refractivity contribution in [3.05, 3.63) is 0 Å². The van der Waals surface area contributed by atoms with E-state index in [-0.39, 0.29) is 12.8 Å². The Morgan fingerprint density at radius 2 is 0.980 bits per heavy atom. The summed E-state index contributed by atoms with van der Waals surface area (Å²) in [5.41, 5.74) is 0. The number of rotatable bonds is 34. The molecule has 0 aromatic carbocycles. The van der Waals surface area contributed by atoms with Crippen molar-refractivity contribution in [1.82, 2.24) is 10.6 Å². The number of carboxylic acid groups (broad SMARTS) is 1. The number of ether oxygens (including phenoxy) is 1. The van der Waals surface area contributed by atoms with Crippen LogP contribution in [0.2, 0.25) is 0 Å². The van der Waals surface area contributed by atoms with Crippen LogP contribution in [0.15, 0.2) is 0 Å². The van der Waals surface area contributed by atoms with Gasteiger partial charge in [-0.05, 0) is 31.1 Å². The Kier molecular flexibility index (Phi) is 30.3. The maximum absolute atomic E-state index is 12.7. The van der Waals surface area contributed by atoms with Gasteiger partial charge in [0.25, 0.3) is 0 Å². The van der Waals surface area contributed by atoms with Crippen LogP contribution in [0.3, 0.4) is 0 Å². The lowest BCUT2D eigenvalue weighted by atomic mass is 10.0. The van der Waals surface area contributed by atoms with Crippen molar-refractivity contribution in [2.24, 2.45) is 11.8 Å². The molecule has 0 aliphatic carbocycles. The lowest BCUT2D eigenvalue weighted by Crippen LogP contribution is -2.47. The SMILES string of the molecule is CC(C)CCCCCCCCCCCC(O)CC(=O)OC(CCCCCCCCCCCC(C)C)CC(=O)NCC(=O)N[C@@H](CO)C(=O)O. The van der Waals surface area contributed by atoms with E-state index in [1.165, 1.54) is 83.5 Å². The molecule has 0 bridgehead atoms. The highest BCUT2D eigenvalue weighted by atomic mass is 16.5. The number of carbonyl (C=O) groups is 4. The fraction of sp³-hybridized carbons (Fsp3) is 0.897. The van der Waals surface area contributed by atoms with Crippen molar-refractivity contribution in [3.63, 3.8) is 0 Å².